The molecule has 0 amide bonds. The summed E-state index contributed by atoms with van der Waals surface area (Å²) in [6.07, 6.45) is 20.2. The van der Waals surface area contributed by atoms with E-state index >= 15 is 0 Å². The third-order valence-electron chi connectivity index (χ3n) is 4.12. The van der Waals surface area contributed by atoms with Crippen LogP contribution in [0.2, 0.25) is 8.87 Å². The van der Waals surface area contributed by atoms with E-state index in [0.29, 0.717) is 0 Å². The molecule has 0 N–H and O–H groups in total. The Kier molecular flexibility index (Phi) is 19.0. The summed E-state index contributed by atoms with van der Waals surface area (Å²) < 4.78 is 2.97. The zero-order chi connectivity index (χ0) is 14.9. The maximum atomic E-state index is 5.77. The zero-order valence-corrected chi connectivity index (χ0v) is 17.9. The van der Waals surface area contributed by atoms with Crippen LogP contribution in [-0.2, 0) is 0 Å². The monoisotopic (exact) mass is 406 g/mol. The second-order valence-electron chi connectivity index (χ2n) is 6.28. The van der Waals surface area contributed by atoms with Gasteiger partial charge in [-0.3, -0.25) is 0 Å². The van der Waals surface area contributed by atoms with Gasteiger partial charge in [-0.2, -0.15) is 0 Å². The molecule has 0 unspecified atom stereocenters. The van der Waals surface area contributed by atoms with Crippen molar-refractivity contribution in [3.63, 3.8) is 0 Å². The van der Waals surface area contributed by atoms with Crippen molar-refractivity contribution in [3.05, 3.63) is 0 Å². The molecule has 0 spiro atoms. The molecule has 0 heterocycles. The van der Waals surface area contributed by atoms with Gasteiger partial charge in [0, 0.05) is 0 Å². The van der Waals surface area contributed by atoms with Gasteiger partial charge in [0.05, 0.1) is 0 Å². The van der Waals surface area contributed by atoms with Crippen LogP contribution in [0.1, 0.15) is 104 Å². The molecule has 0 saturated carbocycles. The molecule has 120 valence electrons. The van der Waals surface area contributed by atoms with Gasteiger partial charge in [0.2, 0.25) is 0 Å². The summed E-state index contributed by atoms with van der Waals surface area (Å²) in [7, 11) is 5.77. The van der Waals surface area contributed by atoms with Gasteiger partial charge < -0.3 is 0 Å². The van der Waals surface area contributed by atoms with Crippen LogP contribution in [0, 0.1) is 0 Å². The predicted octanol–water partition coefficient (Wildman–Crippen LogP) is 7.68. The summed E-state index contributed by atoms with van der Waals surface area (Å²) in [4.78, 5) is 0. The molecule has 0 aliphatic carbocycles. The third kappa shape index (κ3) is 17.1. The van der Waals surface area contributed by atoms with Gasteiger partial charge in [-0.1, -0.05) is 0 Å². The van der Waals surface area contributed by atoms with E-state index in [9.17, 15) is 0 Å². The van der Waals surface area contributed by atoms with Gasteiger partial charge in [0.25, 0.3) is 0 Å². The van der Waals surface area contributed by atoms with Gasteiger partial charge >= 0.3 is 140 Å². The molecule has 0 radical (unpaired) electrons. The molecule has 0 nitrogen and oxygen atoms in total. The molecule has 0 aromatic carbocycles. The Balaban J connectivity index is 3.13. The average molecular weight is 405 g/mol. The van der Waals surface area contributed by atoms with Gasteiger partial charge in [-0.15, -0.1) is 0 Å². The Morgan fingerprint density at radius 1 is 0.500 bits per heavy atom. The van der Waals surface area contributed by atoms with Crippen LogP contribution < -0.4 is 0 Å². The van der Waals surface area contributed by atoms with Gasteiger partial charge in [-0.25, -0.2) is 0 Å². The van der Waals surface area contributed by atoms with Crippen LogP contribution in [0.25, 0.3) is 0 Å². The van der Waals surface area contributed by atoms with Crippen molar-refractivity contribution in [1.29, 1.82) is 0 Å². The van der Waals surface area contributed by atoms with E-state index < -0.39 is 17.8 Å². The van der Waals surface area contributed by atoms with E-state index in [0.717, 1.165) is 0 Å². The van der Waals surface area contributed by atoms with Crippen LogP contribution in [0.5, 0.6) is 0 Å². The molecule has 0 fully saturated rings. The van der Waals surface area contributed by atoms with Crippen molar-refractivity contribution < 1.29 is 0 Å². The molecular formula is C18H38SSn. The Morgan fingerprint density at radius 3 is 1.15 bits per heavy atom. The van der Waals surface area contributed by atoms with E-state index in [-0.39, 0.29) is 0 Å². The first-order valence-corrected chi connectivity index (χ1v) is 17.3. The summed E-state index contributed by atoms with van der Waals surface area (Å²) >= 11 is -1.29. The Hall–Kier alpha value is 1.02. The zero-order valence-electron chi connectivity index (χ0n) is 14.2. The predicted molar refractivity (Wildman–Crippen MR) is 98.9 cm³/mol. The fourth-order valence-electron chi connectivity index (χ4n) is 2.68. The minimum atomic E-state index is -1.29. The molecule has 0 atom stereocenters. The van der Waals surface area contributed by atoms with Gasteiger partial charge in [-0.05, 0) is 0 Å². The Labute approximate surface area is 139 Å². The number of unbranched alkanes of at least 4 members (excludes halogenated alkanes) is 12. The first-order chi connectivity index (χ1) is 9.81. The molecule has 0 saturated heterocycles. The first kappa shape index (κ1) is 21.0. The van der Waals surface area contributed by atoms with E-state index in [1.54, 1.807) is 0 Å². The normalized spacial score (nSPS) is 10.9. The second kappa shape index (κ2) is 18.1. The van der Waals surface area contributed by atoms with E-state index in [2.05, 4.69) is 13.8 Å². The molecule has 0 aromatic heterocycles. The third-order valence-corrected chi connectivity index (χ3v) is 12.1. The molecule has 0 aromatic rings. The van der Waals surface area contributed by atoms with E-state index in [1.165, 1.54) is 98.8 Å². The number of hydrogen-bond acceptors (Lipinski definition) is 1. The molecule has 2 heteroatoms. The summed E-state index contributed by atoms with van der Waals surface area (Å²) in [5, 5.41) is 0. The standard InChI is InChI=1S/2C9H19.S.Sn/c2*1-3-5-7-9-8-6-4-2;;/h2*1,3-9H2,2H3;;. The summed E-state index contributed by atoms with van der Waals surface area (Å²) in [5.41, 5.74) is 0. The van der Waals surface area contributed by atoms with Crippen LogP contribution in [-0.4, -0.2) is 17.8 Å². The van der Waals surface area contributed by atoms with Crippen LogP contribution >= 0.6 is 9.29 Å². The van der Waals surface area contributed by atoms with Crippen molar-refractivity contribution in [2.75, 3.05) is 0 Å². The Morgan fingerprint density at radius 2 is 0.800 bits per heavy atom. The van der Waals surface area contributed by atoms with E-state index in [1.807, 2.05) is 0 Å². The SMILES string of the molecule is CCCCCCCC[CH2][Sn](=[S])[CH2]CCCCCCCC. The van der Waals surface area contributed by atoms with Gasteiger partial charge in [0.15, 0.2) is 0 Å². The fourth-order valence-corrected chi connectivity index (χ4v) is 9.01. The van der Waals surface area contributed by atoms with Crippen LogP contribution in [0.15, 0.2) is 0 Å². The van der Waals surface area contributed by atoms with Crippen LogP contribution in [0.4, 0.5) is 0 Å². The Bertz CT molecular complexity index is 184. The van der Waals surface area contributed by atoms with Crippen molar-refractivity contribution >= 4 is 27.1 Å². The minimum absolute atomic E-state index is 1.29. The molecule has 0 rings (SSSR count). The summed E-state index contributed by atoms with van der Waals surface area (Å²) in [6.45, 7) is 4.58. The van der Waals surface area contributed by atoms with Crippen molar-refractivity contribution in [2.24, 2.45) is 0 Å². The number of rotatable bonds is 16. The molecule has 0 bridgehead atoms. The molecule has 0 aliphatic rings. The van der Waals surface area contributed by atoms with Crippen molar-refractivity contribution in [1.82, 2.24) is 0 Å². The maximum absolute atomic E-state index is 5.77. The van der Waals surface area contributed by atoms with Crippen molar-refractivity contribution in [2.45, 2.75) is 113 Å². The van der Waals surface area contributed by atoms with E-state index in [4.69, 9.17) is 9.29 Å². The van der Waals surface area contributed by atoms with Crippen LogP contribution in [0.3, 0.4) is 0 Å². The summed E-state index contributed by atoms with van der Waals surface area (Å²) in [5.74, 6) is 0. The fraction of sp³-hybridized carbons (Fsp3) is 1.00. The topological polar surface area (TPSA) is 0 Å². The first-order valence-electron chi connectivity index (χ1n) is 9.33. The second-order valence-corrected chi connectivity index (χ2v) is 16.1. The molecular weight excluding hydrogens is 367 g/mol. The molecule has 0 aliphatic heterocycles. The quantitative estimate of drug-likeness (QED) is 0.188. The molecule has 20 heavy (non-hydrogen) atoms. The van der Waals surface area contributed by atoms with Crippen molar-refractivity contribution in [3.8, 4) is 0 Å². The van der Waals surface area contributed by atoms with Gasteiger partial charge in [0.1, 0.15) is 0 Å². The number of hydrogen-bond donors (Lipinski definition) is 0. The summed E-state index contributed by atoms with van der Waals surface area (Å²) in [6, 6.07) is 0. The average Bonchev–Trinajstić information content (AvgIpc) is 2.45.